The maximum atomic E-state index is 11.6. The molecule has 4 nitrogen and oxygen atoms in total. The van der Waals surface area contributed by atoms with Crippen LogP contribution < -0.4 is 0 Å². The highest BCUT2D eigenvalue weighted by Crippen LogP contribution is 2.13. The smallest absolute Gasteiger partial charge is 0.347 e. The molecule has 0 fully saturated rings. The van der Waals surface area contributed by atoms with Gasteiger partial charge in [-0.2, -0.15) is 0 Å². The highest BCUT2D eigenvalue weighted by atomic mass is 16.6. The molecule has 0 aromatic heterocycles. The van der Waals surface area contributed by atoms with E-state index in [1.807, 2.05) is 27.7 Å². The third-order valence-electron chi connectivity index (χ3n) is 2.78. The molecule has 0 amide bonds. The predicted octanol–water partition coefficient (Wildman–Crippen LogP) is 2.31. The van der Waals surface area contributed by atoms with Crippen LogP contribution in [0.5, 0.6) is 0 Å². The van der Waals surface area contributed by atoms with E-state index in [0.29, 0.717) is 18.8 Å². The Balaban J connectivity index is 4.22. The maximum Gasteiger partial charge on any atom is 0.347 e. The lowest BCUT2D eigenvalue weighted by atomic mass is 10.0. The lowest BCUT2D eigenvalue weighted by Crippen LogP contribution is -2.31. The molecule has 0 aliphatic carbocycles. The number of ether oxygens (including phenoxy) is 2. The highest BCUT2D eigenvalue weighted by Gasteiger charge is 2.24. The fourth-order valence-electron chi connectivity index (χ4n) is 1.28. The van der Waals surface area contributed by atoms with Gasteiger partial charge in [-0.15, -0.1) is 0 Å². The summed E-state index contributed by atoms with van der Waals surface area (Å²) in [6, 6.07) is 0. The Kier molecular flexibility index (Phi) is 7.60. The largest absolute Gasteiger partial charge is 0.460 e. The van der Waals surface area contributed by atoms with Crippen molar-refractivity contribution >= 4 is 12.4 Å². The molecule has 0 heterocycles. The summed E-state index contributed by atoms with van der Waals surface area (Å²) in [6.07, 6.45) is 1.32. The van der Waals surface area contributed by atoms with Gasteiger partial charge < -0.3 is 9.47 Å². The third kappa shape index (κ3) is 5.14. The first-order valence-corrected chi connectivity index (χ1v) is 5.86. The zero-order valence-corrected chi connectivity index (χ0v) is 10.6. The molecule has 16 heavy (non-hydrogen) atoms. The fourth-order valence-corrected chi connectivity index (χ4v) is 1.28. The van der Waals surface area contributed by atoms with Gasteiger partial charge in [-0.3, -0.25) is 4.79 Å². The number of hydrogen-bond donors (Lipinski definition) is 0. The lowest BCUT2D eigenvalue weighted by Gasteiger charge is -2.21. The van der Waals surface area contributed by atoms with Crippen molar-refractivity contribution in [1.82, 2.24) is 0 Å². The molecule has 4 heteroatoms. The van der Waals surface area contributed by atoms with Gasteiger partial charge in [0.05, 0.1) is 0 Å². The Bertz CT molecular complexity index is 215. The normalized spacial score (nSPS) is 16.0. The van der Waals surface area contributed by atoms with Crippen molar-refractivity contribution in [2.45, 2.75) is 59.2 Å². The molecule has 3 unspecified atom stereocenters. The van der Waals surface area contributed by atoms with Crippen LogP contribution in [0.4, 0.5) is 0 Å². The molecular formula is C12H22O4. The van der Waals surface area contributed by atoms with Crippen LogP contribution in [0.2, 0.25) is 0 Å². The Morgan fingerprint density at radius 2 is 1.94 bits per heavy atom. The van der Waals surface area contributed by atoms with E-state index in [2.05, 4.69) is 0 Å². The van der Waals surface area contributed by atoms with Crippen molar-refractivity contribution in [3.8, 4) is 0 Å². The zero-order chi connectivity index (χ0) is 12.6. The van der Waals surface area contributed by atoms with Crippen LogP contribution in [0.15, 0.2) is 0 Å². The van der Waals surface area contributed by atoms with E-state index in [-0.39, 0.29) is 6.10 Å². The second-order valence-electron chi connectivity index (χ2n) is 4.04. The number of rotatable bonds is 8. The van der Waals surface area contributed by atoms with Gasteiger partial charge in [0.25, 0.3) is 6.47 Å². The number of esters is 1. The number of carbonyl (C=O) groups excluding carboxylic acids is 2. The van der Waals surface area contributed by atoms with E-state index < -0.39 is 12.1 Å². The van der Waals surface area contributed by atoms with Gasteiger partial charge in [-0.05, 0) is 19.3 Å². The van der Waals surface area contributed by atoms with Gasteiger partial charge >= 0.3 is 5.97 Å². The van der Waals surface area contributed by atoms with E-state index in [1.54, 1.807) is 0 Å². The van der Waals surface area contributed by atoms with Gasteiger partial charge in [0.1, 0.15) is 6.10 Å². The zero-order valence-electron chi connectivity index (χ0n) is 10.6. The molecule has 0 spiro atoms. The van der Waals surface area contributed by atoms with Crippen LogP contribution in [0.1, 0.15) is 47.0 Å². The Morgan fingerprint density at radius 3 is 2.38 bits per heavy atom. The SMILES string of the molecule is CCCC(OC=O)C(=O)OC(C)C(C)CC. The molecule has 0 radical (unpaired) electrons. The number of hydrogen-bond acceptors (Lipinski definition) is 4. The van der Waals surface area contributed by atoms with Crippen molar-refractivity contribution < 1.29 is 19.1 Å². The lowest BCUT2D eigenvalue weighted by molar-refractivity contribution is -0.167. The molecule has 0 aliphatic rings. The minimum absolute atomic E-state index is 0.146. The quantitative estimate of drug-likeness (QED) is 0.474. The first-order chi connectivity index (χ1) is 7.56. The summed E-state index contributed by atoms with van der Waals surface area (Å²) in [7, 11) is 0. The van der Waals surface area contributed by atoms with Gasteiger partial charge in [-0.1, -0.05) is 33.6 Å². The van der Waals surface area contributed by atoms with Crippen LogP contribution >= 0.6 is 0 Å². The summed E-state index contributed by atoms with van der Waals surface area (Å²) in [5, 5.41) is 0. The van der Waals surface area contributed by atoms with Gasteiger partial charge in [0, 0.05) is 0 Å². The van der Waals surface area contributed by atoms with Crippen LogP contribution in [0.25, 0.3) is 0 Å². The number of carbonyl (C=O) groups is 2. The van der Waals surface area contributed by atoms with Gasteiger partial charge in [0.15, 0.2) is 6.10 Å². The Labute approximate surface area is 97.3 Å². The summed E-state index contributed by atoms with van der Waals surface area (Å²) in [5.41, 5.74) is 0. The molecule has 3 atom stereocenters. The molecule has 0 aromatic carbocycles. The molecule has 0 N–H and O–H groups in total. The standard InChI is InChI=1S/C12H22O4/c1-5-7-11(15-8-13)12(14)16-10(4)9(3)6-2/h8-11H,5-7H2,1-4H3. The average molecular weight is 230 g/mol. The second kappa shape index (κ2) is 8.13. The molecule has 0 rings (SSSR count). The fraction of sp³-hybridized carbons (Fsp3) is 0.833. The van der Waals surface area contributed by atoms with Gasteiger partial charge in [0.2, 0.25) is 0 Å². The van der Waals surface area contributed by atoms with Crippen molar-refractivity contribution in [3.05, 3.63) is 0 Å². The maximum absolute atomic E-state index is 11.6. The minimum atomic E-state index is -0.756. The van der Waals surface area contributed by atoms with Crippen molar-refractivity contribution in [1.29, 1.82) is 0 Å². The van der Waals surface area contributed by atoms with Crippen LogP contribution in [0, 0.1) is 5.92 Å². The van der Waals surface area contributed by atoms with Crippen LogP contribution in [-0.4, -0.2) is 24.6 Å². The van der Waals surface area contributed by atoms with E-state index >= 15 is 0 Å². The van der Waals surface area contributed by atoms with Crippen LogP contribution in [0.3, 0.4) is 0 Å². The minimum Gasteiger partial charge on any atom is -0.460 e. The van der Waals surface area contributed by atoms with E-state index in [0.717, 1.165) is 12.8 Å². The van der Waals surface area contributed by atoms with Crippen molar-refractivity contribution in [2.75, 3.05) is 0 Å². The average Bonchev–Trinajstić information content (AvgIpc) is 2.27. The van der Waals surface area contributed by atoms with Crippen molar-refractivity contribution in [3.63, 3.8) is 0 Å². The predicted molar refractivity (Wildman–Crippen MR) is 60.9 cm³/mol. The highest BCUT2D eigenvalue weighted by molar-refractivity contribution is 5.76. The summed E-state index contributed by atoms with van der Waals surface area (Å²) in [6.45, 7) is 8.14. The Morgan fingerprint density at radius 1 is 1.31 bits per heavy atom. The summed E-state index contributed by atoms with van der Waals surface area (Å²) >= 11 is 0. The topological polar surface area (TPSA) is 52.6 Å². The molecule has 0 saturated heterocycles. The van der Waals surface area contributed by atoms with Crippen molar-refractivity contribution in [2.24, 2.45) is 5.92 Å². The first-order valence-electron chi connectivity index (χ1n) is 5.86. The van der Waals surface area contributed by atoms with E-state index in [1.165, 1.54) is 0 Å². The van der Waals surface area contributed by atoms with Crippen LogP contribution in [-0.2, 0) is 19.1 Å². The molecule has 0 aromatic rings. The molecule has 0 bridgehead atoms. The Hall–Kier alpha value is -1.06. The van der Waals surface area contributed by atoms with E-state index in [9.17, 15) is 9.59 Å². The second-order valence-corrected chi connectivity index (χ2v) is 4.04. The monoisotopic (exact) mass is 230 g/mol. The molecule has 0 saturated carbocycles. The van der Waals surface area contributed by atoms with E-state index in [4.69, 9.17) is 9.47 Å². The summed E-state index contributed by atoms with van der Waals surface area (Å²) in [4.78, 5) is 21.9. The molecule has 94 valence electrons. The summed E-state index contributed by atoms with van der Waals surface area (Å²) in [5.74, 6) is -0.135. The third-order valence-corrected chi connectivity index (χ3v) is 2.78. The molecular weight excluding hydrogens is 208 g/mol. The first kappa shape index (κ1) is 14.9. The molecule has 0 aliphatic heterocycles. The summed E-state index contributed by atoms with van der Waals surface area (Å²) < 4.78 is 9.95. The van der Waals surface area contributed by atoms with Gasteiger partial charge in [-0.25, -0.2) is 4.79 Å².